The lowest BCUT2D eigenvalue weighted by atomic mass is 9.96. The lowest BCUT2D eigenvalue weighted by Gasteiger charge is -2.32. The number of nitrogens with zero attached hydrogens (tertiary/aromatic N) is 1. The minimum absolute atomic E-state index is 0. The molecule has 1 amide bonds. The summed E-state index contributed by atoms with van der Waals surface area (Å²) in [6.07, 6.45) is 3.60. The van der Waals surface area contributed by atoms with E-state index in [0.717, 1.165) is 44.0 Å². The van der Waals surface area contributed by atoms with Crippen LogP contribution in [-0.2, 0) is 4.79 Å². The molecule has 1 atom stereocenters. The number of benzene rings is 1. The van der Waals surface area contributed by atoms with Gasteiger partial charge in [0.1, 0.15) is 6.04 Å². The summed E-state index contributed by atoms with van der Waals surface area (Å²) in [6, 6.07) is 7.29. The Hall–Kier alpha value is -0.810. The molecule has 1 saturated heterocycles. The van der Waals surface area contributed by atoms with E-state index < -0.39 is 6.04 Å². The van der Waals surface area contributed by atoms with Gasteiger partial charge in [-0.15, -0.1) is 24.8 Å². The molecule has 4 nitrogen and oxygen atoms in total. The van der Waals surface area contributed by atoms with E-state index in [1.165, 1.54) is 18.5 Å². The van der Waals surface area contributed by atoms with Crippen molar-refractivity contribution in [3.05, 3.63) is 35.4 Å². The van der Waals surface area contributed by atoms with Crippen LogP contribution in [0.15, 0.2) is 24.3 Å². The van der Waals surface area contributed by atoms with Gasteiger partial charge in [0.15, 0.2) is 0 Å². The summed E-state index contributed by atoms with van der Waals surface area (Å²) in [7, 11) is 0. The number of aryl methyl sites for hydroxylation is 1. The minimum atomic E-state index is -0.572. The van der Waals surface area contributed by atoms with Crippen LogP contribution in [0.1, 0.15) is 50.3 Å². The summed E-state index contributed by atoms with van der Waals surface area (Å²) in [5, 5.41) is 3.05. The van der Waals surface area contributed by atoms with Crippen molar-refractivity contribution in [1.82, 2.24) is 10.2 Å². The number of nitrogens with two attached hydrogens (primary N) is 1. The zero-order valence-corrected chi connectivity index (χ0v) is 17.9. The van der Waals surface area contributed by atoms with Crippen molar-refractivity contribution < 1.29 is 4.79 Å². The Morgan fingerprint density at radius 2 is 1.77 bits per heavy atom. The fraction of sp³-hybridized carbons (Fsp3) is 0.650. The van der Waals surface area contributed by atoms with Crippen molar-refractivity contribution in [3.8, 4) is 0 Å². The van der Waals surface area contributed by atoms with Crippen LogP contribution in [0.3, 0.4) is 0 Å². The van der Waals surface area contributed by atoms with Crippen LogP contribution in [0.25, 0.3) is 0 Å². The van der Waals surface area contributed by atoms with E-state index in [2.05, 4.69) is 24.1 Å². The van der Waals surface area contributed by atoms with Gasteiger partial charge in [-0.3, -0.25) is 4.79 Å². The lowest BCUT2D eigenvalue weighted by Crippen LogP contribution is -2.41. The summed E-state index contributed by atoms with van der Waals surface area (Å²) < 4.78 is 0. The molecule has 1 aromatic rings. The van der Waals surface area contributed by atoms with Gasteiger partial charge in [-0.25, -0.2) is 0 Å². The quantitative estimate of drug-likeness (QED) is 0.729. The largest absolute Gasteiger partial charge is 0.354 e. The molecule has 0 saturated carbocycles. The molecule has 0 aromatic heterocycles. The van der Waals surface area contributed by atoms with E-state index in [9.17, 15) is 4.79 Å². The lowest BCUT2D eigenvalue weighted by molar-refractivity contribution is -0.122. The highest BCUT2D eigenvalue weighted by Crippen LogP contribution is 2.18. The molecule has 1 aliphatic rings. The molecule has 0 aliphatic carbocycles. The number of carbonyl (C=O) groups is 1. The highest BCUT2D eigenvalue weighted by molar-refractivity contribution is 5.85. The van der Waals surface area contributed by atoms with Crippen molar-refractivity contribution in [3.63, 3.8) is 0 Å². The molecule has 0 radical (unpaired) electrons. The molecule has 6 heteroatoms. The van der Waals surface area contributed by atoms with Crippen LogP contribution in [0.5, 0.6) is 0 Å². The van der Waals surface area contributed by atoms with E-state index in [0.29, 0.717) is 5.92 Å². The molecule has 0 bridgehead atoms. The number of halogens is 2. The van der Waals surface area contributed by atoms with Gasteiger partial charge in [0.2, 0.25) is 5.91 Å². The maximum Gasteiger partial charge on any atom is 0.241 e. The molecule has 1 aliphatic heterocycles. The first-order chi connectivity index (χ1) is 11.5. The zero-order chi connectivity index (χ0) is 17.5. The summed E-state index contributed by atoms with van der Waals surface area (Å²) in [4.78, 5) is 14.8. The Bertz CT molecular complexity index is 514. The Labute approximate surface area is 171 Å². The van der Waals surface area contributed by atoms with Gasteiger partial charge in [0.25, 0.3) is 0 Å². The van der Waals surface area contributed by atoms with E-state index in [-0.39, 0.29) is 30.7 Å². The Kier molecular flexibility index (Phi) is 12.2. The van der Waals surface area contributed by atoms with Crippen LogP contribution in [0.2, 0.25) is 0 Å². The molecule has 150 valence electrons. The maximum atomic E-state index is 12.3. The second-order valence-electron chi connectivity index (χ2n) is 7.60. The van der Waals surface area contributed by atoms with Crippen molar-refractivity contribution in [2.75, 3.05) is 26.2 Å². The highest BCUT2D eigenvalue weighted by Gasteiger charge is 2.21. The van der Waals surface area contributed by atoms with Crippen LogP contribution >= 0.6 is 24.8 Å². The second-order valence-corrected chi connectivity index (χ2v) is 7.60. The van der Waals surface area contributed by atoms with E-state index in [1.54, 1.807) is 0 Å². The summed E-state index contributed by atoms with van der Waals surface area (Å²) in [6.45, 7) is 10.8. The van der Waals surface area contributed by atoms with Gasteiger partial charge in [-0.1, -0.05) is 43.7 Å². The second kappa shape index (κ2) is 12.6. The molecule has 3 N–H and O–H groups in total. The molecule has 0 spiro atoms. The Balaban J connectivity index is 0.00000312. The Morgan fingerprint density at radius 3 is 2.31 bits per heavy atom. The molecule has 1 aromatic carbocycles. The third kappa shape index (κ3) is 8.26. The number of hydrogen-bond acceptors (Lipinski definition) is 3. The third-order valence-electron chi connectivity index (χ3n) is 5.01. The number of nitrogens with one attached hydrogen (secondary N) is 1. The molecule has 1 fully saturated rings. The fourth-order valence-corrected chi connectivity index (χ4v) is 3.13. The van der Waals surface area contributed by atoms with Crippen molar-refractivity contribution in [2.24, 2.45) is 17.6 Å². The topological polar surface area (TPSA) is 58.4 Å². The van der Waals surface area contributed by atoms with Crippen LogP contribution in [0, 0.1) is 18.8 Å². The van der Waals surface area contributed by atoms with Crippen LogP contribution in [-0.4, -0.2) is 37.0 Å². The average Bonchev–Trinajstić information content (AvgIpc) is 2.58. The minimum Gasteiger partial charge on any atom is -0.354 e. The van der Waals surface area contributed by atoms with E-state index in [4.69, 9.17) is 5.73 Å². The van der Waals surface area contributed by atoms with Crippen molar-refractivity contribution >= 4 is 30.7 Å². The SMILES string of the molecule is Cc1ccc(C(N)C(=O)NCC2CCN(CCC(C)C)CC2)cc1.Cl.Cl. The highest BCUT2D eigenvalue weighted by atomic mass is 35.5. The normalized spacial score (nSPS) is 16.5. The number of hydrogen-bond donors (Lipinski definition) is 2. The first kappa shape index (κ1) is 25.2. The first-order valence-electron chi connectivity index (χ1n) is 9.28. The average molecular weight is 404 g/mol. The van der Waals surface area contributed by atoms with Gasteiger partial charge in [0, 0.05) is 6.54 Å². The van der Waals surface area contributed by atoms with E-state index >= 15 is 0 Å². The van der Waals surface area contributed by atoms with Gasteiger partial charge in [-0.05, 0) is 63.2 Å². The monoisotopic (exact) mass is 403 g/mol. The third-order valence-corrected chi connectivity index (χ3v) is 5.01. The number of piperidine rings is 1. The standard InChI is InChI=1S/C20H33N3O.2ClH/c1-15(2)8-11-23-12-9-17(10-13-23)14-22-20(24)19(21)18-6-4-16(3)5-7-18;;/h4-7,15,17,19H,8-14,21H2,1-3H3,(H,22,24);2*1H. The van der Waals surface area contributed by atoms with E-state index in [1.807, 2.05) is 31.2 Å². The Morgan fingerprint density at radius 1 is 1.19 bits per heavy atom. The molecule has 1 unspecified atom stereocenters. The van der Waals surface area contributed by atoms with Crippen LogP contribution < -0.4 is 11.1 Å². The first-order valence-corrected chi connectivity index (χ1v) is 9.28. The number of amides is 1. The van der Waals surface area contributed by atoms with Gasteiger partial charge in [-0.2, -0.15) is 0 Å². The van der Waals surface area contributed by atoms with Crippen LogP contribution in [0.4, 0.5) is 0 Å². The van der Waals surface area contributed by atoms with Gasteiger partial charge in [0.05, 0.1) is 0 Å². The number of rotatable bonds is 7. The van der Waals surface area contributed by atoms with Gasteiger partial charge >= 0.3 is 0 Å². The van der Waals surface area contributed by atoms with Crippen molar-refractivity contribution in [2.45, 2.75) is 46.1 Å². The summed E-state index contributed by atoms with van der Waals surface area (Å²) >= 11 is 0. The van der Waals surface area contributed by atoms with Crippen molar-refractivity contribution in [1.29, 1.82) is 0 Å². The number of likely N-dealkylation sites (tertiary alicyclic amines) is 1. The smallest absolute Gasteiger partial charge is 0.241 e. The maximum absolute atomic E-state index is 12.3. The molecule has 1 heterocycles. The predicted octanol–water partition coefficient (Wildman–Crippen LogP) is 3.71. The fourth-order valence-electron chi connectivity index (χ4n) is 3.13. The number of carbonyl (C=O) groups excluding carboxylic acids is 1. The molecule has 26 heavy (non-hydrogen) atoms. The molecular formula is C20H35Cl2N3O. The van der Waals surface area contributed by atoms with Gasteiger partial charge < -0.3 is 16.0 Å². The molecular weight excluding hydrogens is 369 g/mol. The summed E-state index contributed by atoms with van der Waals surface area (Å²) in [5.41, 5.74) is 8.13. The summed E-state index contributed by atoms with van der Waals surface area (Å²) in [5.74, 6) is 1.28. The predicted molar refractivity (Wildman–Crippen MR) is 114 cm³/mol. The molecule has 2 rings (SSSR count). The zero-order valence-electron chi connectivity index (χ0n) is 16.2.